The molecule has 0 radical (unpaired) electrons. The number of anilines is 2. The van der Waals surface area contributed by atoms with Crippen LogP contribution in [0.15, 0.2) is 60.8 Å². The van der Waals surface area contributed by atoms with Crippen LogP contribution in [0.3, 0.4) is 0 Å². The normalized spacial score (nSPS) is 15.5. The molecule has 0 aliphatic carbocycles. The van der Waals surface area contributed by atoms with Crippen molar-refractivity contribution in [2.45, 2.75) is 25.9 Å². The second kappa shape index (κ2) is 8.31. The van der Waals surface area contributed by atoms with Crippen LogP contribution in [0.1, 0.15) is 28.5 Å². The first-order chi connectivity index (χ1) is 15.1. The van der Waals surface area contributed by atoms with Gasteiger partial charge in [0.25, 0.3) is 5.91 Å². The van der Waals surface area contributed by atoms with E-state index in [-0.39, 0.29) is 23.8 Å². The second-order valence-corrected chi connectivity index (χ2v) is 9.62. The summed E-state index contributed by atoms with van der Waals surface area (Å²) in [6, 6.07) is 12.7. The van der Waals surface area contributed by atoms with Gasteiger partial charge in [0.2, 0.25) is 10.0 Å². The van der Waals surface area contributed by atoms with E-state index in [2.05, 4.69) is 4.98 Å². The number of hydrogen-bond donors (Lipinski definition) is 0. The van der Waals surface area contributed by atoms with Crippen molar-refractivity contribution in [1.29, 1.82) is 0 Å². The Balaban J connectivity index is 1.74. The number of hydrogen-bond acceptors (Lipinski definition) is 4. The Morgan fingerprint density at radius 2 is 1.94 bits per heavy atom. The monoisotopic (exact) mass is 457 g/mol. The van der Waals surface area contributed by atoms with E-state index in [0.29, 0.717) is 23.4 Å². The van der Waals surface area contributed by atoms with Gasteiger partial charge < -0.3 is 0 Å². The molecule has 2 aromatic carbocycles. The number of aromatic nitrogens is 1. The zero-order valence-corrected chi connectivity index (χ0v) is 18.3. The molecule has 1 unspecified atom stereocenters. The smallest absolute Gasteiger partial charge is 0.258 e. The Bertz CT molecular complexity index is 1280. The van der Waals surface area contributed by atoms with Gasteiger partial charge in [-0.1, -0.05) is 6.07 Å². The van der Waals surface area contributed by atoms with Crippen molar-refractivity contribution < 1.29 is 22.0 Å². The number of rotatable bonds is 5. The molecular formula is C23H21F2N3O3S. The van der Waals surface area contributed by atoms with Crippen LogP contribution in [0.5, 0.6) is 0 Å². The Morgan fingerprint density at radius 1 is 1.16 bits per heavy atom. The average Bonchev–Trinajstić information content (AvgIpc) is 3.08. The lowest BCUT2D eigenvalue weighted by atomic mass is 10.1. The molecular weight excluding hydrogens is 436 g/mol. The Labute approximate surface area is 185 Å². The van der Waals surface area contributed by atoms with Gasteiger partial charge in [0.15, 0.2) is 0 Å². The lowest BCUT2D eigenvalue weighted by Crippen LogP contribution is -2.34. The molecule has 166 valence electrons. The van der Waals surface area contributed by atoms with Crippen molar-refractivity contribution in [2.75, 3.05) is 15.5 Å². The molecule has 0 N–H and O–H groups in total. The van der Waals surface area contributed by atoms with Crippen LogP contribution >= 0.6 is 0 Å². The standard InChI is InChI=1S/C23H21F2N3O3S/c1-15-11-17-12-16(6-8-21(17)28(15)32(2,30)31)23(29)27(14-19-5-3-4-10-26-19)22-9-7-18(24)13-20(22)25/h3-10,12-13,15H,11,14H2,1-2H3. The summed E-state index contributed by atoms with van der Waals surface area (Å²) in [6.07, 6.45) is 3.16. The van der Waals surface area contributed by atoms with Crippen LogP contribution in [0.25, 0.3) is 0 Å². The van der Waals surface area contributed by atoms with Crippen molar-refractivity contribution in [3.05, 3.63) is 89.2 Å². The maximum absolute atomic E-state index is 14.6. The molecule has 6 nitrogen and oxygen atoms in total. The van der Waals surface area contributed by atoms with Gasteiger partial charge in [-0.25, -0.2) is 17.2 Å². The van der Waals surface area contributed by atoms with E-state index < -0.39 is 27.6 Å². The highest BCUT2D eigenvalue weighted by Crippen LogP contribution is 2.35. The van der Waals surface area contributed by atoms with Gasteiger partial charge in [-0.3, -0.25) is 19.0 Å². The SMILES string of the molecule is CC1Cc2cc(C(=O)N(Cc3ccccn3)c3ccc(F)cc3F)ccc2N1S(C)(=O)=O. The lowest BCUT2D eigenvalue weighted by Gasteiger charge is -2.24. The molecule has 1 atom stereocenters. The molecule has 0 saturated heterocycles. The molecule has 0 bridgehead atoms. The highest BCUT2D eigenvalue weighted by atomic mass is 32.2. The fraction of sp³-hybridized carbons (Fsp3) is 0.217. The number of carbonyl (C=O) groups is 1. The molecule has 1 aliphatic heterocycles. The fourth-order valence-electron chi connectivity index (χ4n) is 4.02. The van der Waals surface area contributed by atoms with Crippen LogP contribution in [0.4, 0.5) is 20.2 Å². The van der Waals surface area contributed by atoms with Gasteiger partial charge in [-0.2, -0.15) is 0 Å². The van der Waals surface area contributed by atoms with E-state index in [4.69, 9.17) is 0 Å². The van der Waals surface area contributed by atoms with Crippen molar-refractivity contribution in [3.63, 3.8) is 0 Å². The van der Waals surface area contributed by atoms with E-state index in [9.17, 15) is 22.0 Å². The number of amides is 1. The largest absolute Gasteiger partial charge is 0.299 e. The van der Waals surface area contributed by atoms with Gasteiger partial charge in [-0.05, 0) is 61.4 Å². The van der Waals surface area contributed by atoms with Gasteiger partial charge >= 0.3 is 0 Å². The van der Waals surface area contributed by atoms with Gasteiger partial charge in [0, 0.05) is 23.9 Å². The number of fused-ring (bicyclic) bond motifs is 1. The van der Waals surface area contributed by atoms with Crippen LogP contribution in [-0.2, 0) is 23.0 Å². The van der Waals surface area contributed by atoms with Crippen molar-refractivity contribution in [2.24, 2.45) is 0 Å². The molecule has 1 amide bonds. The summed E-state index contributed by atoms with van der Waals surface area (Å²) in [7, 11) is -3.46. The van der Waals surface area contributed by atoms with Crippen LogP contribution in [0.2, 0.25) is 0 Å². The molecule has 0 spiro atoms. The molecule has 1 aromatic heterocycles. The number of sulfonamides is 1. The number of pyridine rings is 1. The van der Waals surface area contributed by atoms with Crippen LogP contribution in [0, 0.1) is 11.6 Å². The third kappa shape index (κ3) is 4.20. The van der Waals surface area contributed by atoms with Crippen LogP contribution in [-0.4, -0.2) is 31.6 Å². The third-order valence-electron chi connectivity index (χ3n) is 5.33. The topological polar surface area (TPSA) is 70.6 Å². The van der Waals surface area contributed by atoms with Crippen molar-refractivity contribution >= 4 is 27.3 Å². The number of carbonyl (C=O) groups excluding carboxylic acids is 1. The molecule has 3 aromatic rings. The fourth-order valence-corrected chi connectivity index (χ4v) is 5.28. The van der Waals surface area contributed by atoms with E-state index in [0.717, 1.165) is 18.4 Å². The summed E-state index contributed by atoms with van der Waals surface area (Å²) in [4.78, 5) is 18.9. The number of benzene rings is 2. The van der Waals surface area contributed by atoms with Crippen molar-refractivity contribution in [3.8, 4) is 0 Å². The number of halogens is 2. The molecule has 0 fully saturated rings. The average molecular weight is 458 g/mol. The predicted octanol–water partition coefficient (Wildman–Crippen LogP) is 3.92. The van der Waals surface area contributed by atoms with Gasteiger partial charge in [-0.15, -0.1) is 0 Å². The summed E-state index contributed by atoms with van der Waals surface area (Å²) in [5.41, 5.74) is 1.97. The minimum absolute atomic E-state index is 0.0226. The zero-order valence-electron chi connectivity index (χ0n) is 17.5. The minimum Gasteiger partial charge on any atom is -0.299 e. The first-order valence-electron chi connectivity index (χ1n) is 9.94. The first-order valence-corrected chi connectivity index (χ1v) is 11.8. The zero-order chi connectivity index (χ0) is 23.0. The second-order valence-electron chi connectivity index (χ2n) is 7.76. The summed E-state index contributed by atoms with van der Waals surface area (Å²) in [5, 5.41) is 0. The lowest BCUT2D eigenvalue weighted by molar-refractivity contribution is 0.0983. The molecule has 1 aliphatic rings. The minimum atomic E-state index is -3.46. The van der Waals surface area contributed by atoms with E-state index in [1.165, 1.54) is 21.3 Å². The summed E-state index contributed by atoms with van der Waals surface area (Å²) >= 11 is 0. The van der Waals surface area contributed by atoms with Gasteiger partial charge in [0.1, 0.15) is 11.6 Å². The Hall–Kier alpha value is -3.33. The maximum atomic E-state index is 14.6. The Kier molecular flexibility index (Phi) is 5.68. The molecule has 32 heavy (non-hydrogen) atoms. The first kappa shape index (κ1) is 21.9. The highest BCUT2D eigenvalue weighted by molar-refractivity contribution is 7.92. The Morgan fingerprint density at radius 3 is 2.59 bits per heavy atom. The van der Waals surface area contributed by atoms with E-state index in [1.807, 2.05) is 0 Å². The summed E-state index contributed by atoms with van der Waals surface area (Å²) in [6.45, 7) is 1.77. The quantitative estimate of drug-likeness (QED) is 0.582. The number of nitrogens with zero attached hydrogens (tertiary/aromatic N) is 3. The molecule has 0 saturated carbocycles. The molecule has 2 heterocycles. The van der Waals surface area contributed by atoms with E-state index >= 15 is 0 Å². The van der Waals surface area contributed by atoms with Crippen LogP contribution < -0.4 is 9.21 Å². The molecule has 9 heteroatoms. The predicted molar refractivity (Wildman–Crippen MR) is 118 cm³/mol. The van der Waals surface area contributed by atoms with E-state index in [1.54, 1.807) is 43.5 Å². The third-order valence-corrected chi connectivity index (χ3v) is 6.60. The molecule has 4 rings (SSSR count). The van der Waals surface area contributed by atoms with Gasteiger partial charge in [0.05, 0.1) is 29.9 Å². The summed E-state index contributed by atoms with van der Waals surface area (Å²) < 4.78 is 53.7. The summed E-state index contributed by atoms with van der Waals surface area (Å²) in [5.74, 6) is -2.12. The maximum Gasteiger partial charge on any atom is 0.258 e. The van der Waals surface area contributed by atoms with Crippen molar-refractivity contribution in [1.82, 2.24) is 4.98 Å². The highest BCUT2D eigenvalue weighted by Gasteiger charge is 2.33.